The van der Waals surface area contributed by atoms with E-state index in [4.69, 9.17) is 4.74 Å². The Labute approximate surface area is 173 Å². The highest BCUT2D eigenvalue weighted by Crippen LogP contribution is 2.38. The third kappa shape index (κ3) is 4.00. The van der Waals surface area contributed by atoms with Crippen LogP contribution in [0.2, 0.25) is 0 Å². The molecule has 0 fully saturated rings. The SMILES string of the molecule is CCc1sc(NC(=O)Cc2ccccc2)nc1-c1ccc2c(c1)N(C)C(=O)CO2. The van der Waals surface area contributed by atoms with Gasteiger partial charge in [-0.3, -0.25) is 9.59 Å². The van der Waals surface area contributed by atoms with Crippen molar-refractivity contribution in [3.8, 4) is 17.0 Å². The van der Waals surface area contributed by atoms with Crippen molar-refractivity contribution >= 4 is 34.0 Å². The van der Waals surface area contributed by atoms with Crippen LogP contribution in [0.3, 0.4) is 0 Å². The maximum atomic E-state index is 12.4. The van der Waals surface area contributed by atoms with E-state index in [2.05, 4.69) is 17.2 Å². The number of nitrogens with one attached hydrogen (secondary N) is 1. The van der Waals surface area contributed by atoms with Gasteiger partial charge in [0.05, 0.1) is 17.8 Å². The van der Waals surface area contributed by atoms with Gasteiger partial charge in [0.25, 0.3) is 5.91 Å². The number of anilines is 2. The summed E-state index contributed by atoms with van der Waals surface area (Å²) in [6.07, 6.45) is 1.10. The van der Waals surface area contributed by atoms with Gasteiger partial charge in [0.1, 0.15) is 5.75 Å². The maximum absolute atomic E-state index is 12.4. The summed E-state index contributed by atoms with van der Waals surface area (Å²) >= 11 is 1.48. The number of ether oxygens (including phenoxy) is 1. The second kappa shape index (κ2) is 8.05. The van der Waals surface area contributed by atoms with E-state index in [-0.39, 0.29) is 18.4 Å². The number of amides is 2. The van der Waals surface area contributed by atoms with E-state index in [1.807, 2.05) is 48.5 Å². The highest BCUT2D eigenvalue weighted by molar-refractivity contribution is 7.16. The molecule has 1 aliphatic heterocycles. The molecule has 1 aromatic heterocycles. The number of likely N-dealkylation sites (N-methyl/N-ethyl adjacent to an activating group) is 1. The third-order valence-electron chi connectivity index (χ3n) is 4.79. The molecule has 0 radical (unpaired) electrons. The van der Waals surface area contributed by atoms with Crippen LogP contribution in [-0.2, 0) is 22.4 Å². The number of aryl methyl sites for hydroxylation is 1. The van der Waals surface area contributed by atoms with E-state index >= 15 is 0 Å². The van der Waals surface area contributed by atoms with E-state index in [9.17, 15) is 9.59 Å². The van der Waals surface area contributed by atoms with Gasteiger partial charge in [-0.2, -0.15) is 0 Å². The minimum Gasteiger partial charge on any atom is -0.482 e. The van der Waals surface area contributed by atoms with Gasteiger partial charge in [0, 0.05) is 17.5 Å². The van der Waals surface area contributed by atoms with Gasteiger partial charge in [-0.1, -0.05) is 37.3 Å². The average molecular weight is 407 g/mol. The van der Waals surface area contributed by atoms with Crippen molar-refractivity contribution in [2.45, 2.75) is 19.8 Å². The Morgan fingerprint density at radius 2 is 2.03 bits per heavy atom. The lowest BCUT2D eigenvalue weighted by Gasteiger charge is -2.26. The summed E-state index contributed by atoms with van der Waals surface area (Å²) in [4.78, 5) is 31.7. The molecule has 0 bridgehead atoms. The summed E-state index contributed by atoms with van der Waals surface area (Å²) in [6, 6.07) is 15.3. The molecule has 0 spiro atoms. The zero-order valence-corrected chi connectivity index (χ0v) is 17.1. The fraction of sp³-hybridized carbons (Fsp3) is 0.227. The van der Waals surface area contributed by atoms with Crippen LogP contribution in [0.5, 0.6) is 5.75 Å². The molecule has 0 unspecified atom stereocenters. The lowest BCUT2D eigenvalue weighted by molar-refractivity contribution is -0.121. The van der Waals surface area contributed by atoms with Gasteiger partial charge >= 0.3 is 0 Å². The summed E-state index contributed by atoms with van der Waals surface area (Å²) in [5.74, 6) is 0.501. The van der Waals surface area contributed by atoms with Crippen molar-refractivity contribution in [3.63, 3.8) is 0 Å². The Kier molecular flexibility index (Phi) is 5.31. The Bertz CT molecular complexity index is 1060. The molecule has 2 aromatic carbocycles. The Balaban J connectivity index is 1.58. The van der Waals surface area contributed by atoms with E-state index in [0.717, 1.165) is 33.8 Å². The summed E-state index contributed by atoms with van der Waals surface area (Å²) in [6.45, 7) is 2.11. The van der Waals surface area contributed by atoms with Crippen LogP contribution in [0.1, 0.15) is 17.4 Å². The van der Waals surface area contributed by atoms with Crippen molar-refractivity contribution < 1.29 is 14.3 Å². The molecule has 148 valence electrons. The van der Waals surface area contributed by atoms with Crippen LogP contribution in [0.25, 0.3) is 11.3 Å². The van der Waals surface area contributed by atoms with Crippen molar-refractivity contribution in [3.05, 3.63) is 59.0 Å². The number of aromatic nitrogens is 1. The Morgan fingerprint density at radius 3 is 2.79 bits per heavy atom. The first-order valence-electron chi connectivity index (χ1n) is 9.42. The van der Waals surface area contributed by atoms with Crippen molar-refractivity contribution in [1.82, 2.24) is 4.98 Å². The van der Waals surface area contributed by atoms with Crippen molar-refractivity contribution in [2.75, 3.05) is 23.9 Å². The van der Waals surface area contributed by atoms with Crippen LogP contribution in [0.4, 0.5) is 10.8 Å². The average Bonchev–Trinajstić information content (AvgIpc) is 3.14. The number of fused-ring (bicyclic) bond motifs is 1. The second-order valence-electron chi connectivity index (χ2n) is 6.78. The largest absolute Gasteiger partial charge is 0.482 e. The van der Waals surface area contributed by atoms with Gasteiger partial charge < -0.3 is 15.0 Å². The van der Waals surface area contributed by atoms with Gasteiger partial charge in [-0.05, 0) is 30.2 Å². The fourth-order valence-electron chi connectivity index (χ4n) is 3.23. The number of nitrogens with zero attached hydrogens (tertiary/aromatic N) is 2. The van der Waals surface area contributed by atoms with Crippen LogP contribution >= 0.6 is 11.3 Å². The summed E-state index contributed by atoms with van der Waals surface area (Å²) in [7, 11) is 1.74. The smallest absolute Gasteiger partial charge is 0.264 e. The van der Waals surface area contributed by atoms with E-state index in [0.29, 0.717) is 17.3 Å². The molecule has 6 nitrogen and oxygen atoms in total. The van der Waals surface area contributed by atoms with E-state index in [1.165, 1.54) is 11.3 Å². The van der Waals surface area contributed by atoms with Gasteiger partial charge in [-0.15, -0.1) is 11.3 Å². The zero-order chi connectivity index (χ0) is 20.4. The molecule has 29 heavy (non-hydrogen) atoms. The highest BCUT2D eigenvalue weighted by Gasteiger charge is 2.23. The number of hydrogen-bond donors (Lipinski definition) is 1. The van der Waals surface area contributed by atoms with Crippen LogP contribution in [0.15, 0.2) is 48.5 Å². The topological polar surface area (TPSA) is 71.5 Å². The van der Waals surface area contributed by atoms with Crippen LogP contribution in [-0.4, -0.2) is 30.5 Å². The molecule has 1 aliphatic rings. The summed E-state index contributed by atoms with van der Waals surface area (Å²) in [5.41, 5.74) is 3.40. The molecule has 4 rings (SSSR count). The summed E-state index contributed by atoms with van der Waals surface area (Å²) in [5, 5.41) is 3.49. The van der Waals surface area contributed by atoms with Crippen molar-refractivity contribution in [1.29, 1.82) is 0 Å². The molecule has 3 aromatic rings. The number of hydrogen-bond acceptors (Lipinski definition) is 5. The van der Waals surface area contributed by atoms with Crippen LogP contribution in [0, 0.1) is 0 Å². The molecule has 0 atom stereocenters. The first kappa shape index (κ1) is 19.1. The monoisotopic (exact) mass is 407 g/mol. The molecular formula is C22H21N3O3S. The number of rotatable bonds is 5. The first-order chi connectivity index (χ1) is 14.0. The van der Waals surface area contributed by atoms with E-state index in [1.54, 1.807) is 11.9 Å². The quantitative estimate of drug-likeness (QED) is 0.696. The molecular weight excluding hydrogens is 386 g/mol. The van der Waals surface area contributed by atoms with Gasteiger partial charge in [0.2, 0.25) is 5.91 Å². The minimum absolute atomic E-state index is 0.0529. The van der Waals surface area contributed by atoms with Gasteiger partial charge in [-0.25, -0.2) is 4.98 Å². The Hall–Kier alpha value is -3.19. The molecule has 7 heteroatoms. The number of benzene rings is 2. The predicted octanol–water partition coefficient (Wildman–Crippen LogP) is 3.91. The number of carbonyl (C=O) groups excluding carboxylic acids is 2. The Morgan fingerprint density at radius 1 is 1.24 bits per heavy atom. The first-order valence-corrected chi connectivity index (χ1v) is 10.2. The van der Waals surface area contributed by atoms with Gasteiger partial charge in [0.15, 0.2) is 11.7 Å². The normalized spacial score (nSPS) is 13.0. The zero-order valence-electron chi connectivity index (χ0n) is 16.3. The molecule has 2 heterocycles. The predicted molar refractivity (Wildman–Crippen MR) is 115 cm³/mol. The van der Waals surface area contributed by atoms with E-state index < -0.39 is 0 Å². The molecule has 0 aliphatic carbocycles. The number of thiazole rings is 1. The van der Waals surface area contributed by atoms with Crippen LogP contribution < -0.4 is 15.0 Å². The lowest BCUT2D eigenvalue weighted by atomic mass is 10.1. The summed E-state index contributed by atoms with van der Waals surface area (Å²) < 4.78 is 5.50. The second-order valence-corrected chi connectivity index (χ2v) is 7.86. The maximum Gasteiger partial charge on any atom is 0.264 e. The molecule has 0 saturated carbocycles. The molecule has 2 amide bonds. The standard InChI is InChI=1S/C22H21N3O3S/c1-3-18-21(15-9-10-17-16(12-15)25(2)20(27)13-28-17)24-22(29-18)23-19(26)11-14-7-5-4-6-8-14/h4-10,12H,3,11,13H2,1-2H3,(H,23,24,26). The van der Waals surface area contributed by atoms with Crippen molar-refractivity contribution in [2.24, 2.45) is 0 Å². The minimum atomic E-state index is -0.0941. The lowest BCUT2D eigenvalue weighted by Crippen LogP contribution is -2.35. The fourth-order valence-corrected chi connectivity index (χ4v) is 4.17. The third-order valence-corrected chi connectivity index (χ3v) is 5.91. The molecule has 1 N–H and O–H groups in total. The highest BCUT2D eigenvalue weighted by atomic mass is 32.1. The molecule has 0 saturated heterocycles. The number of carbonyl (C=O) groups is 2.